The maximum Gasteiger partial charge on any atom is 0.346 e. The predicted molar refractivity (Wildman–Crippen MR) is 140 cm³/mol. The fraction of sp³-hybridized carbons (Fsp3) is 0.417. The van der Waals surface area contributed by atoms with Crippen molar-refractivity contribution in [3.05, 3.63) is 37.8 Å². The Balaban J connectivity index is 2.23. The highest BCUT2D eigenvalue weighted by Gasteiger charge is 2.46. The van der Waals surface area contributed by atoms with Crippen LogP contribution in [0.15, 0.2) is 32.2 Å². The number of amides is 1. The van der Waals surface area contributed by atoms with Crippen LogP contribution in [0, 0.1) is 0 Å². The Kier molecular flexibility index (Phi) is 8.15. The van der Waals surface area contributed by atoms with Crippen LogP contribution in [0.25, 0.3) is 5.57 Å². The Morgan fingerprint density at radius 1 is 1.03 bits per heavy atom. The van der Waals surface area contributed by atoms with Crippen molar-refractivity contribution >= 4 is 69.7 Å². The van der Waals surface area contributed by atoms with Gasteiger partial charge in [-0.1, -0.05) is 49.1 Å². The zero-order valence-corrected chi connectivity index (χ0v) is 22.4. The number of carbonyl (C=O) groups excluding carboxylic acids is 3. The fourth-order valence-electron chi connectivity index (χ4n) is 3.81. The number of methoxy groups -OCH3 is 3. The van der Waals surface area contributed by atoms with Crippen molar-refractivity contribution in [2.75, 3.05) is 26.2 Å². The summed E-state index contributed by atoms with van der Waals surface area (Å²) in [6.45, 7) is 5.85. The van der Waals surface area contributed by atoms with E-state index in [4.69, 9.17) is 26.4 Å². The van der Waals surface area contributed by atoms with Crippen molar-refractivity contribution in [2.45, 2.75) is 45.6 Å². The van der Waals surface area contributed by atoms with Crippen LogP contribution >= 0.6 is 35.7 Å². The van der Waals surface area contributed by atoms with E-state index in [9.17, 15) is 14.4 Å². The lowest BCUT2D eigenvalue weighted by Crippen LogP contribution is -2.55. The number of anilines is 1. The average Bonchev–Trinajstić information content (AvgIpc) is 3.26. The van der Waals surface area contributed by atoms with Crippen LogP contribution < -0.4 is 9.64 Å². The van der Waals surface area contributed by atoms with Crippen LogP contribution in [-0.2, 0) is 23.9 Å². The van der Waals surface area contributed by atoms with Crippen LogP contribution in [-0.4, -0.2) is 49.6 Å². The van der Waals surface area contributed by atoms with Gasteiger partial charge in [0.2, 0.25) is 5.91 Å². The molecule has 0 N–H and O–H groups in total. The zero-order valence-electron chi connectivity index (χ0n) is 20.0. The largest absolute Gasteiger partial charge is 0.497 e. The first kappa shape index (κ1) is 26.3. The minimum Gasteiger partial charge on any atom is -0.497 e. The summed E-state index contributed by atoms with van der Waals surface area (Å²) < 4.78 is 15.9. The number of rotatable bonds is 6. The summed E-state index contributed by atoms with van der Waals surface area (Å²) in [7, 11) is 4.09. The summed E-state index contributed by atoms with van der Waals surface area (Å²) in [5, 5.41) is 0. The maximum absolute atomic E-state index is 13.3. The van der Waals surface area contributed by atoms with Crippen LogP contribution in [0.4, 0.5) is 5.69 Å². The summed E-state index contributed by atoms with van der Waals surface area (Å²) in [6, 6.07) is 5.48. The van der Waals surface area contributed by atoms with Crippen molar-refractivity contribution in [3.63, 3.8) is 0 Å². The molecule has 2 heterocycles. The summed E-state index contributed by atoms with van der Waals surface area (Å²) in [4.78, 5) is 40.7. The van der Waals surface area contributed by atoms with Crippen molar-refractivity contribution < 1.29 is 28.6 Å². The molecule has 0 radical (unpaired) electrons. The smallest absolute Gasteiger partial charge is 0.346 e. The van der Waals surface area contributed by atoms with E-state index in [1.54, 1.807) is 18.1 Å². The highest BCUT2D eigenvalue weighted by atomic mass is 32.2. The molecule has 1 aromatic rings. The molecule has 0 aromatic heterocycles. The van der Waals surface area contributed by atoms with Gasteiger partial charge in [0.05, 0.1) is 41.7 Å². The SMILES string of the molecule is CCCCC(=O)N1c2cc(OC)ccc2C(=C2SC(C(=O)OC)=C(C(=O)OC)S2)C(=S)C1(C)C. The van der Waals surface area contributed by atoms with Crippen molar-refractivity contribution in [1.29, 1.82) is 0 Å². The molecule has 2 aliphatic rings. The van der Waals surface area contributed by atoms with E-state index in [0.29, 0.717) is 32.5 Å². The molecule has 0 saturated heterocycles. The molecule has 0 spiro atoms. The topological polar surface area (TPSA) is 82.1 Å². The van der Waals surface area contributed by atoms with E-state index in [1.807, 2.05) is 32.9 Å². The average molecular weight is 522 g/mol. The molecule has 10 heteroatoms. The van der Waals surface area contributed by atoms with Crippen LogP contribution in [0.5, 0.6) is 5.75 Å². The highest BCUT2D eigenvalue weighted by molar-refractivity contribution is 8.29. The van der Waals surface area contributed by atoms with Crippen molar-refractivity contribution in [2.24, 2.45) is 0 Å². The standard InChI is InChI=1S/C24H27NO6S3/c1-7-8-9-16(26)25-15-12-13(29-4)10-11-14(15)17(20(32)24(25,2)3)23-33-18(21(27)30-5)19(34-23)22(28)31-6/h10-12H,7-9H2,1-6H3. The highest BCUT2D eigenvalue weighted by Crippen LogP contribution is 2.56. The Morgan fingerprint density at radius 3 is 2.12 bits per heavy atom. The second-order valence-corrected chi connectivity index (χ2v) is 10.8. The van der Waals surface area contributed by atoms with E-state index in [-0.39, 0.29) is 15.7 Å². The summed E-state index contributed by atoms with van der Waals surface area (Å²) in [5.74, 6) is -0.667. The monoisotopic (exact) mass is 521 g/mol. The number of benzene rings is 1. The van der Waals surface area contributed by atoms with Gasteiger partial charge in [-0.15, -0.1) is 0 Å². The molecule has 1 aromatic carbocycles. The molecule has 0 saturated carbocycles. The number of esters is 2. The molecule has 2 aliphatic heterocycles. The number of hydrogen-bond donors (Lipinski definition) is 0. The molecular formula is C24H27NO6S3. The normalized spacial score (nSPS) is 17.0. The van der Waals surface area contributed by atoms with Gasteiger partial charge in [-0.05, 0) is 32.4 Å². The number of nitrogens with zero attached hydrogens (tertiary/aromatic N) is 1. The number of carbonyl (C=O) groups is 3. The molecule has 7 nitrogen and oxygen atoms in total. The van der Waals surface area contributed by atoms with Crippen LogP contribution in [0.3, 0.4) is 0 Å². The lowest BCUT2D eigenvalue weighted by atomic mass is 9.83. The molecule has 0 aliphatic carbocycles. The molecule has 3 rings (SSSR count). The van der Waals surface area contributed by atoms with E-state index < -0.39 is 17.5 Å². The van der Waals surface area contributed by atoms with E-state index in [1.165, 1.54) is 14.2 Å². The van der Waals surface area contributed by atoms with Gasteiger partial charge >= 0.3 is 11.9 Å². The third kappa shape index (κ3) is 4.63. The number of hydrogen-bond acceptors (Lipinski definition) is 9. The van der Waals surface area contributed by atoms with Gasteiger partial charge in [-0.3, -0.25) is 4.79 Å². The van der Waals surface area contributed by atoms with Crippen molar-refractivity contribution in [1.82, 2.24) is 0 Å². The molecular weight excluding hydrogens is 494 g/mol. The molecule has 0 unspecified atom stereocenters. The first-order valence-electron chi connectivity index (χ1n) is 10.7. The molecule has 182 valence electrons. The third-order valence-electron chi connectivity index (χ3n) is 5.59. The molecule has 0 fully saturated rings. The minimum absolute atomic E-state index is 0.0249. The minimum atomic E-state index is -0.831. The molecule has 0 bridgehead atoms. The number of ether oxygens (including phenoxy) is 3. The van der Waals surface area contributed by atoms with E-state index in [2.05, 4.69) is 0 Å². The number of unbranched alkanes of at least 4 members (excludes halogenated alkanes) is 1. The Labute approximate surface area is 213 Å². The number of thioether (sulfide) groups is 2. The fourth-order valence-corrected chi connectivity index (χ4v) is 6.84. The number of thiocarbonyl (C=S) groups is 1. The summed E-state index contributed by atoms with van der Waals surface area (Å²) in [6.07, 6.45) is 2.07. The third-order valence-corrected chi connectivity index (χ3v) is 8.85. The zero-order chi connectivity index (χ0) is 25.2. The van der Waals surface area contributed by atoms with Gasteiger partial charge in [0, 0.05) is 23.6 Å². The first-order valence-corrected chi connectivity index (χ1v) is 12.7. The molecule has 1 amide bonds. The van der Waals surface area contributed by atoms with Crippen LogP contribution in [0.1, 0.15) is 45.6 Å². The van der Waals surface area contributed by atoms with E-state index in [0.717, 1.165) is 41.9 Å². The Morgan fingerprint density at radius 2 is 1.62 bits per heavy atom. The molecule has 34 heavy (non-hydrogen) atoms. The second kappa shape index (κ2) is 10.5. The first-order chi connectivity index (χ1) is 16.1. The lowest BCUT2D eigenvalue weighted by Gasteiger charge is -2.45. The Bertz CT molecular complexity index is 1090. The summed E-state index contributed by atoms with van der Waals surface area (Å²) >= 11 is 8.21. The summed E-state index contributed by atoms with van der Waals surface area (Å²) in [5.41, 5.74) is 1.28. The predicted octanol–water partition coefficient (Wildman–Crippen LogP) is 5.09. The quantitative estimate of drug-likeness (QED) is 0.289. The lowest BCUT2D eigenvalue weighted by molar-refractivity contribution is -0.138. The Hall–Kier alpha value is -2.30. The maximum atomic E-state index is 13.3. The van der Waals surface area contributed by atoms with Crippen molar-refractivity contribution in [3.8, 4) is 5.75 Å². The van der Waals surface area contributed by atoms with Gasteiger partial charge in [0.15, 0.2) is 0 Å². The second-order valence-electron chi connectivity index (χ2n) is 8.11. The van der Waals surface area contributed by atoms with Crippen LogP contribution in [0.2, 0.25) is 0 Å². The number of fused-ring (bicyclic) bond motifs is 1. The van der Waals surface area contributed by atoms with Gasteiger partial charge in [-0.2, -0.15) is 0 Å². The van der Waals surface area contributed by atoms with Gasteiger partial charge in [0.25, 0.3) is 0 Å². The van der Waals surface area contributed by atoms with Gasteiger partial charge in [-0.25, -0.2) is 9.59 Å². The van der Waals surface area contributed by atoms with E-state index >= 15 is 0 Å². The van der Waals surface area contributed by atoms with Gasteiger partial charge in [0.1, 0.15) is 15.6 Å². The molecule has 0 atom stereocenters. The van der Waals surface area contributed by atoms with Gasteiger partial charge < -0.3 is 19.1 Å².